The number of nitrogens with zero attached hydrogens (tertiary/aromatic N) is 3. The fourth-order valence-electron chi connectivity index (χ4n) is 2.41. The van der Waals surface area contributed by atoms with Crippen LogP contribution in [0.1, 0.15) is 12.8 Å². The number of esters is 2. The minimum Gasteiger partial charge on any atom is -0.390 e. The molecule has 0 saturated carbocycles. The van der Waals surface area contributed by atoms with Gasteiger partial charge in [0.05, 0.1) is 11.9 Å². The van der Waals surface area contributed by atoms with Crippen molar-refractivity contribution in [2.24, 2.45) is 7.05 Å². The number of cyclic esters (lactones) is 2. The smallest absolute Gasteiger partial charge is 0.336 e. The van der Waals surface area contributed by atoms with Crippen molar-refractivity contribution in [1.29, 1.82) is 0 Å². The zero-order chi connectivity index (χ0) is 11.3. The van der Waals surface area contributed by atoms with Crippen molar-refractivity contribution in [3.8, 4) is 0 Å². The molecule has 84 valence electrons. The Kier molecular flexibility index (Phi) is 1.80. The molecule has 0 unspecified atom stereocenters. The van der Waals surface area contributed by atoms with Crippen LogP contribution in [0, 0.1) is 0 Å². The van der Waals surface area contributed by atoms with E-state index in [2.05, 4.69) is 9.84 Å². The Balaban J connectivity index is 2.01. The molecule has 0 spiro atoms. The first-order chi connectivity index (χ1) is 7.66. The molecule has 2 aliphatic heterocycles. The lowest BCUT2D eigenvalue weighted by Gasteiger charge is -2.32. The third kappa shape index (κ3) is 1.16. The molecule has 0 N–H and O–H groups in total. The van der Waals surface area contributed by atoms with Crippen LogP contribution in [0.2, 0.25) is 0 Å². The number of ether oxygens (including phenoxy) is 1. The number of carbonyl (C=O) groups is 2. The van der Waals surface area contributed by atoms with E-state index in [0.29, 0.717) is 12.8 Å². The van der Waals surface area contributed by atoms with Crippen LogP contribution in [0.5, 0.6) is 0 Å². The van der Waals surface area contributed by atoms with Gasteiger partial charge in [-0.3, -0.25) is 4.68 Å². The van der Waals surface area contributed by atoms with Gasteiger partial charge in [0.25, 0.3) is 0 Å². The summed E-state index contributed by atoms with van der Waals surface area (Å²) in [6, 6.07) is -0.654. The molecule has 2 aliphatic rings. The lowest BCUT2D eigenvalue weighted by Crippen LogP contribution is -2.51. The van der Waals surface area contributed by atoms with Crippen molar-refractivity contribution >= 4 is 17.6 Å². The summed E-state index contributed by atoms with van der Waals surface area (Å²) in [6.07, 6.45) is 4.81. The monoisotopic (exact) mass is 221 g/mol. The number of hydrogen-bond acceptors (Lipinski definition) is 5. The molecule has 1 aromatic rings. The highest BCUT2D eigenvalue weighted by Gasteiger charge is 2.49. The summed E-state index contributed by atoms with van der Waals surface area (Å²) < 4.78 is 6.34. The molecule has 16 heavy (non-hydrogen) atoms. The van der Waals surface area contributed by atoms with E-state index in [1.54, 1.807) is 24.1 Å². The van der Waals surface area contributed by atoms with Gasteiger partial charge >= 0.3 is 11.9 Å². The van der Waals surface area contributed by atoms with Crippen LogP contribution in [0.3, 0.4) is 0 Å². The Morgan fingerprint density at radius 2 is 1.94 bits per heavy atom. The Labute approximate surface area is 91.8 Å². The van der Waals surface area contributed by atoms with Crippen LogP contribution in [0.4, 0.5) is 5.69 Å². The number of carbonyl (C=O) groups excluding carboxylic acids is 2. The third-order valence-corrected chi connectivity index (χ3v) is 3.12. The summed E-state index contributed by atoms with van der Waals surface area (Å²) in [5, 5.41) is 4.05. The zero-order valence-electron chi connectivity index (χ0n) is 8.79. The second kappa shape index (κ2) is 3.07. The molecule has 0 radical (unpaired) electrons. The van der Waals surface area contributed by atoms with Crippen LogP contribution >= 0.6 is 0 Å². The summed E-state index contributed by atoms with van der Waals surface area (Å²) in [6.45, 7) is 0. The van der Waals surface area contributed by atoms with Gasteiger partial charge in [0.1, 0.15) is 12.1 Å². The maximum atomic E-state index is 11.5. The number of morpholine rings is 1. The van der Waals surface area contributed by atoms with Gasteiger partial charge in [-0.05, 0) is 12.8 Å². The SMILES string of the molecule is Cn1cc(N2[C@H]3CC[C@H]2C(=O)OC3=O)cn1. The molecule has 0 aliphatic carbocycles. The third-order valence-electron chi connectivity index (χ3n) is 3.12. The predicted molar refractivity (Wildman–Crippen MR) is 53.6 cm³/mol. The van der Waals surface area contributed by atoms with Crippen molar-refractivity contribution in [1.82, 2.24) is 9.78 Å². The highest BCUT2D eigenvalue weighted by Crippen LogP contribution is 2.34. The van der Waals surface area contributed by atoms with E-state index in [-0.39, 0.29) is 12.1 Å². The molecule has 2 saturated heterocycles. The highest BCUT2D eigenvalue weighted by atomic mass is 16.6. The van der Waals surface area contributed by atoms with Crippen LogP contribution in [-0.4, -0.2) is 33.8 Å². The average molecular weight is 221 g/mol. The molecule has 6 nitrogen and oxygen atoms in total. The number of hydrogen-bond donors (Lipinski definition) is 0. The molecule has 2 fully saturated rings. The lowest BCUT2D eigenvalue weighted by atomic mass is 10.2. The molecule has 0 amide bonds. The standard InChI is InChI=1S/C10H11N3O3/c1-12-5-6(4-11-12)13-7-2-3-8(13)10(15)16-9(7)14/h4-5,7-8H,2-3H2,1H3/t7-,8-/m0/s1. The number of fused-ring (bicyclic) bond motifs is 2. The summed E-state index contributed by atoms with van der Waals surface area (Å²) in [5.41, 5.74) is 0.806. The Hall–Kier alpha value is -1.85. The first-order valence-electron chi connectivity index (χ1n) is 5.19. The van der Waals surface area contributed by atoms with Crippen molar-refractivity contribution in [3.05, 3.63) is 12.4 Å². The van der Waals surface area contributed by atoms with Crippen molar-refractivity contribution in [3.63, 3.8) is 0 Å². The second-order valence-corrected chi connectivity index (χ2v) is 4.13. The fraction of sp³-hybridized carbons (Fsp3) is 0.500. The number of anilines is 1. The molecule has 1 aromatic heterocycles. The highest BCUT2D eigenvalue weighted by molar-refractivity contribution is 5.99. The van der Waals surface area contributed by atoms with Crippen LogP contribution in [0.25, 0.3) is 0 Å². The first kappa shape index (κ1) is 9.38. The van der Waals surface area contributed by atoms with Gasteiger partial charge in [-0.2, -0.15) is 5.10 Å². The topological polar surface area (TPSA) is 64.4 Å². The maximum absolute atomic E-state index is 11.5. The molecule has 6 heteroatoms. The molecule has 3 rings (SSSR count). The van der Waals surface area contributed by atoms with Gasteiger partial charge in [-0.1, -0.05) is 0 Å². The molecule has 2 bridgehead atoms. The van der Waals surface area contributed by atoms with Crippen molar-refractivity contribution < 1.29 is 14.3 Å². The normalized spacial score (nSPS) is 28.4. The van der Waals surface area contributed by atoms with E-state index in [4.69, 9.17) is 0 Å². The molecular formula is C10H11N3O3. The summed E-state index contributed by atoms with van der Waals surface area (Å²) in [4.78, 5) is 24.9. The first-order valence-corrected chi connectivity index (χ1v) is 5.19. The number of rotatable bonds is 1. The summed E-state index contributed by atoms with van der Waals surface area (Å²) in [5.74, 6) is -0.884. The van der Waals surface area contributed by atoms with Crippen LogP contribution < -0.4 is 4.90 Å². The fourth-order valence-corrected chi connectivity index (χ4v) is 2.41. The molecule has 2 atom stereocenters. The van der Waals surface area contributed by atoms with Gasteiger partial charge in [0, 0.05) is 13.2 Å². The largest absolute Gasteiger partial charge is 0.390 e. The van der Waals surface area contributed by atoms with Gasteiger partial charge in [-0.25, -0.2) is 9.59 Å². The van der Waals surface area contributed by atoms with Gasteiger partial charge in [-0.15, -0.1) is 0 Å². The van der Waals surface area contributed by atoms with Crippen LogP contribution in [0.15, 0.2) is 12.4 Å². The van der Waals surface area contributed by atoms with E-state index in [9.17, 15) is 9.59 Å². The molecular weight excluding hydrogens is 210 g/mol. The minimum atomic E-state index is -0.442. The number of aryl methyl sites for hydroxylation is 1. The molecule has 0 aromatic carbocycles. The van der Waals surface area contributed by atoms with E-state index in [1.807, 2.05) is 4.90 Å². The Bertz CT molecular complexity index is 446. The van der Waals surface area contributed by atoms with Crippen molar-refractivity contribution in [2.45, 2.75) is 24.9 Å². The zero-order valence-corrected chi connectivity index (χ0v) is 8.79. The summed E-state index contributed by atoms with van der Waals surface area (Å²) in [7, 11) is 1.80. The molecule has 3 heterocycles. The quantitative estimate of drug-likeness (QED) is 0.487. The second-order valence-electron chi connectivity index (χ2n) is 4.13. The number of aromatic nitrogens is 2. The Morgan fingerprint density at radius 3 is 2.44 bits per heavy atom. The minimum absolute atomic E-state index is 0.327. The van der Waals surface area contributed by atoms with Crippen molar-refractivity contribution in [2.75, 3.05) is 4.90 Å². The van der Waals surface area contributed by atoms with E-state index in [0.717, 1.165) is 5.69 Å². The van der Waals surface area contributed by atoms with E-state index >= 15 is 0 Å². The predicted octanol–water partition coefficient (Wildman–Crippen LogP) is -0.159. The Morgan fingerprint density at radius 1 is 1.31 bits per heavy atom. The maximum Gasteiger partial charge on any atom is 0.336 e. The lowest BCUT2D eigenvalue weighted by molar-refractivity contribution is -0.163. The van der Waals surface area contributed by atoms with E-state index < -0.39 is 11.9 Å². The average Bonchev–Trinajstić information content (AvgIpc) is 2.78. The van der Waals surface area contributed by atoms with E-state index in [1.165, 1.54) is 0 Å². The van der Waals surface area contributed by atoms with Gasteiger partial charge in [0.15, 0.2) is 0 Å². The van der Waals surface area contributed by atoms with Crippen LogP contribution in [-0.2, 0) is 21.4 Å². The van der Waals surface area contributed by atoms with Gasteiger partial charge < -0.3 is 9.64 Å². The summed E-state index contributed by atoms with van der Waals surface area (Å²) >= 11 is 0. The van der Waals surface area contributed by atoms with Gasteiger partial charge in [0.2, 0.25) is 0 Å².